The highest BCUT2D eigenvalue weighted by Crippen LogP contribution is 2.27. The molecule has 0 saturated carbocycles. The second-order valence-corrected chi connectivity index (χ2v) is 5.46. The first-order chi connectivity index (χ1) is 8.87. The van der Waals surface area contributed by atoms with Crippen LogP contribution in [0.1, 0.15) is 19.4 Å². The zero-order valence-corrected chi connectivity index (χ0v) is 11.1. The monoisotopic (exact) mass is 261 g/mol. The van der Waals surface area contributed by atoms with E-state index in [-0.39, 0.29) is 16.7 Å². The van der Waals surface area contributed by atoms with E-state index in [1.807, 2.05) is 13.8 Å². The second-order valence-electron chi connectivity index (χ2n) is 5.46. The van der Waals surface area contributed by atoms with Crippen LogP contribution in [0.25, 0.3) is 11.1 Å². The summed E-state index contributed by atoms with van der Waals surface area (Å²) in [5.74, 6) is -0.853. The molecule has 0 saturated heterocycles. The van der Waals surface area contributed by atoms with Crippen LogP contribution < -0.4 is 5.73 Å². The molecular formula is C16H17F2N. The predicted molar refractivity (Wildman–Crippen MR) is 73.8 cm³/mol. The zero-order chi connectivity index (χ0) is 14.0. The van der Waals surface area contributed by atoms with E-state index in [1.165, 1.54) is 12.1 Å². The van der Waals surface area contributed by atoms with E-state index >= 15 is 0 Å². The van der Waals surface area contributed by atoms with E-state index in [1.54, 1.807) is 30.3 Å². The molecule has 3 heteroatoms. The lowest BCUT2D eigenvalue weighted by atomic mass is 9.93. The predicted octanol–water partition coefficient (Wildman–Crippen LogP) is 3.91. The lowest BCUT2D eigenvalue weighted by molar-refractivity contribution is 0.516. The molecule has 0 unspecified atom stereocenters. The maximum Gasteiger partial charge on any atom is 0.131 e. The molecule has 0 radical (unpaired) electrons. The highest BCUT2D eigenvalue weighted by molar-refractivity contribution is 5.65. The van der Waals surface area contributed by atoms with Crippen molar-refractivity contribution in [3.63, 3.8) is 0 Å². The Morgan fingerprint density at radius 2 is 1.58 bits per heavy atom. The average molecular weight is 261 g/mol. The van der Waals surface area contributed by atoms with Gasteiger partial charge in [-0.3, -0.25) is 0 Å². The molecule has 2 aromatic rings. The normalized spacial score (nSPS) is 11.6. The highest BCUT2D eigenvalue weighted by Gasteiger charge is 2.15. The minimum Gasteiger partial charge on any atom is -0.325 e. The van der Waals surface area contributed by atoms with Gasteiger partial charge in [0, 0.05) is 16.7 Å². The lowest BCUT2D eigenvalue weighted by Gasteiger charge is -2.19. The molecular weight excluding hydrogens is 244 g/mol. The van der Waals surface area contributed by atoms with Crippen molar-refractivity contribution in [2.45, 2.75) is 25.8 Å². The van der Waals surface area contributed by atoms with Crippen LogP contribution in [-0.2, 0) is 6.42 Å². The summed E-state index contributed by atoms with van der Waals surface area (Å²) in [6.45, 7) is 3.80. The van der Waals surface area contributed by atoms with E-state index in [2.05, 4.69) is 0 Å². The van der Waals surface area contributed by atoms with Crippen LogP contribution >= 0.6 is 0 Å². The van der Waals surface area contributed by atoms with Gasteiger partial charge in [-0.2, -0.15) is 0 Å². The number of nitrogens with two attached hydrogens (primary N) is 1. The third-order valence-electron chi connectivity index (χ3n) is 2.85. The molecule has 0 fully saturated rings. The number of benzene rings is 2. The third-order valence-corrected chi connectivity index (χ3v) is 2.85. The van der Waals surface area contributed by atoms with Gasteiger partial charge in [0.1, 0.15) is 11.6 Å². The molecule has 0 spiro atoms. The van der Waals surface area contributed by atoms with Crippen molar-refractivity contribution in [2.75, 3.05) is 0 Å². The van der Waals surface area contributed by atoms with Crippen LogP contribution in [0.3, 0.4) is 0 Å². The molecule has 0 aliphatic rings. The van der Waals surface area contributed by atoms with Gasteiger partial charge in [0.2, 0.25) is 0 Å². The Morgan fingerprint density at radius 3 is 2.21 bits per heavy atom. The summed E-state index contributed by atoms with van der Waals surface area (Å²) in [6.07, 6.45) is 0.606. The first-order valence-electron chi connectivity index (χ1n) is 6.19. The minimum atomic E-state index is -0.427. The van der Waals surface area contributed by atoms with Gasteiger partial charge in [-0.15, -0.1) is 0 Å². The van der Waals surface area contributed by atoms with Crippen LogP contribution in [0, 0.1) is 11.6 Å². The molecule has 0 aliphatic heterocycles. The zero-order valence-electron chi connectivity index (χ0n) is 11.1. The molecule has 0 bridgehead atoms. The fourth-order valence-electron chi connectivity index (χ4n) is 2.09. The summed E-state index contributed by atoms with van der Waals surface area (Å²) in [6, 6.07) is 10.9. The second kappa shape index (κ2) is 5.10. The average Bonchev–Trinajstić information content (AvgIpc) is 2.31. The van der Waals surface area contributed by atoms with E-state index in [4.69, 9.17) is 5.73 Å². The van der Waals surface area contributed by atoms with Crippen molar-refractivity contribution in [1.29, 1.82) is 0 Å². The molecule has 0 atom stereocenters. The van der Waals surface area contributed by atoms with Gasteiger partial charge < -0.3 is 5.73 Å². The molecule has 0 heterocycles. The van der Waals surface area contributed by atoms with Crippen molar-refractivity contribution < 1.29 is 8.78 Å². The van der Waals surface area contributed by atoms with Crippen molar-refractivity contribution >= 4 is 0 Å². The molecule has 100 valence electrons. The Bertz CT molecular complexity index is 586. The minimum absolute atomic E-state index is 0.275. The quantitative estimate of drug-likeness (QED) is 0.890. The summed E-state index contributed by atoms with van der Waals surface area (Å²) < 4.78 is 27.6. The number of hydrogen-bond acceptors (Lipinski definition) is 1. The van der Waals surface area contributed by atoms with E-state index in [9.17, 15) is 8.78 Å². The van der Waals surface area contributed by atoms with Crippen LogP contribution in [-0.4, -0.2) is 5.54 Å². The third kappa shape index (κ3) is 3.38. The van der Waals surface area contributed by atoms with Gasteiger partial charge in [0.25, 0.3) is 0 Å². The maximum atomic E-state index is 13.9. The Hall–Kier alpha value is -1.74. The van der Waals surface area contributed by atoms with Crippen LogP contribution in [0.5, 0.6) is 0 Å². The van der Waals surface area contributed by atoms with Crippen LogP contribution in [0.2, 0.25) is 0 Å². The molecule has 0 amide bonds. The summed E-state index contributed by atoms with van der Waals surface area (Å²) >= 11 is 0. The van der Waals surface area contributed by atoms with Gasteiger partial charge in [0.15, 0.2) is 0 Å². The largest absolute Gasteiger partial charge is 0.325 e. The molecule has 0 aromatic heterocycles. The molecule has 1 nitrogen and oxygen atoms in total. The molecule has 2 N–H and O–H groups in total. The molecule has 2 aromatic carbocycles. The van der Waals surface area contributed by atoms with Crippen molar-refractivity contribution in [1.82, 2.24) is 0 Å². The first-order valence-corrected chi connectivity index (χ1v) is 6.19. The summed E-state index contributed by atoms with van der Waals surface area (Å²) in [5, 5.41) is 0. The van der Waals surface area contributed by atoms with E-state index in [0.29, 0.717) is 6.42 Å². The van der Waals surface area contributed by atoms with E-state index < -0.39 is 11.6 Å². The molecule has 0 aliphatic carbocycles. The van der Waals surface area contributed by atoms with Gasteiger partial charge in [-0.25, -0.2) is 8.78 Å². The molecule has 2 rings (SSSR count). The van der Waals surface area contributed by atoms with Gasteiger partial charge in [-0.05, 0) is 44.0 Å². The van der Waals surface area contributed by atoms with E-state index in [0.717, 1.165) is 5.56 Å². The number of halogens is 2. The standard InChI is InChI=1S/C16H17F2N/c1-16(2,19)10-11-7-8-15(18)13(9-11)12-5-3-4-6-14(12)17/h3-9H,10,19H2,1-2H3. The number of hydrogen-bond donors (Lipinski definition) is 1. The Labute approximate surface area is 112 Å². The SMILES string of the molecule is CC(C)(N)Cc1ccc(F)c(-c2ccccc2F)c1. The van der Waals surface area contributed by atoms with Crippen molar-refractivity contribution in [3.8, 4) is 11.1 Å². The first kappa shape index (κ1) is 13.7. The lowest BCUT2D eigenvalue weighted by Crippen LogP contribution is -2.34. The molecule has 19 heavy (non-hydrogen) atoms. The van der Waals surface area contributed by atoms with Crippen molar-refractivity contribution in [3.05, 3.63) is 59.7 Å². The Kier molecular flexibility index (Phi) is 3.67. The topological polar surface area (TPSA) is 26.0 Å². The smallest absolute Gasteiger partial charge is 0.131 e. The summed E-state index contributed by atoms with van der Waals surface area (Å²) in [5.41, 5.74) is 7.02. The Balaban J connectivity index is 2.46. The maximum absolute atomic E-state index is 13.9. The highest BCUT2D eigenvalue weighted by atomic mass is 19.1. The number of rotatable bonds is 3. The van der Waals surface area contributed by atoms with Crippen LogP contribution in [0.4, 0.5) is 8.78 Å². The summed E-state index contributed by atoms with van der Waals surface area (Å²) in [7, 11) is 0. The van der Waals surface area contributed by atoms with Gasteiger partial charge in [-0.1, -0.05) is 24.3 Å². The Morgan fingerprint density at radius 1 is 0.947 bits per heavy atom. The van der Waals surface area contributed by atoms with Gasteiger partial charge >= 0.3 is 0 Å². The summed E-state index contributed by atoms with van der Waals surface area (Å²) in [4.78, 5) is 0. The van der Waals surface area contributed by atoms with Crippen molar-refractivity contribution in [2.24, 2.45) is 5.73 Å². The van der Waals surface area contributed by atoms with Crippen LogP contribution in [0.15, 0.2) is 42.5 Å². The van der Waals surface area contributed by atoms with Gasteiger partial charge in [0.05, 0.1) is 0 Å². The fourth-order valence-corrected chi connectivity index (χ4v) is 2.09. The fraction of sp³-hybridized carbons (Fsp3) is 0.250.